The van der Waals surface area contributed by atoms with Crippen molar-refractivity contribution in [2.45, 2.75) is 19.3 Å². The molecule has 0 saturated carbocycles. The summed E-state index contributed by atoms with van der Waals surface area (Å²) < 4.78 is 16.4. The lowest BCUT2D eigenvalue weighted by Crippen LogP contribution is -2.48. The third-order valence-electron chi connectivity index (χ3n) is 5.20. The van der Waals surface area contributed by atoms with Gasteiger partial charge in [-0.05, 0) is 23.3 Å². The number of piperazine rings is 1. The fourth-order valence-electron chi connectivity index (χ4n) is 3.67. The standard InChI is InChI=1S/C22H28N2O4/c25-20(16-26-15-19-6-7-21-22(12-19)28-17-27-21)14-24-10-8-23(9-11-24)13-18-4-2-1-3-5-18/h1-7,12,20,25H,8-11,13-17H2/t20-/m0/s1. The highest BCUT2D eigenvalue weighted by Gasteiger charge is 2.19. The lowest BCUT2D eigenvalue weighted by molar-refractivity contribution is 0.000854. The zero-order valence-corrected chi connectivity index (χ0v) is 16.1. The van der Waals surface area contributed by atoms with Gasteiger partial charge in [0.15, 0.2) is 11.5 Å². The highest BCUT2D eigenvalue weighted by atomic mass is 16.7. The molecular weight excluding hydrogens is 356 g/mol. The maximum absolute atomic E-state index is 10.3. The molecule has 1 fully saturated rings. The Bertz CT molecular complexity index is 747. The number of aliphatic hydroxyl groups is 1. The molecule has 2 aliphatic heterocycles. The summed E-state index contributed by atoms with van der Waals surface area (Å²) in [6, 6.07) is 16.4. The molecule has 1 saturated heterocycles. The van der Waals surface area contributed by atoms with E-state index in [1.807, 2.05) is 18.2 Å². The van der Waals surface area contributed by atoms with Crippen LogP contribution in [-0.4, -0.2) is 67.1 Å². The van der Waals surface area contributed by atoms with Gasteiger partial charge < -0.3 is 19.3 Å². The van der Waals surface area contributed by atoms with Crippen LogP contribution in [0.4, 0.5) is 0 Å². The van der Waals surface area contributed by atoms with E-state index in [1.54, 1.807) is 0 Å². The molecule has 1 N–H and O–H groups in total. The molecule has 0 bridgehead atoms. The van der Waals surface area contributed by atoms with Gasteiger partial charge in [0.05, 0.1) is 19.3 Å². The number of fused-ring (bicyclic) bond motifs is 1. The minimum absolute atomic E-state index is 0.275. The number of hydrogen-bond acceptors (Lipinski definition) is 6. The van der Waals surface area contributed by atoms with E-state index in [9.17, 15) is 5.11 Å². The van der Waals surface area contributed by atoms with Crippen molar-refractivity contribution in [2.24, 2.45) is 0 Å². The summed E-state index contributed by atoms with van der Waals surface area (Å²) in [5.41, 5.74) is 2.37. The van der Waals surface area contributed by atoms with Gasteiger partial charge in [0, 0.05) is 39.3 Å². The first-order valence-electron chi connectivity index (χ1n) is 9.89. The molecule has 4 rings (SSSR count). The summed E-state index contributed by atoms with van der Waals surface area (Å²) in [6.07, 6.45) is -0.477. The van der Waals surface area contributed by atoms with Gasteiger partial charge in [-0.3, -0.25) is 9.80 Å². The Morgan fingerprint density at radius 1 is 0.893 bits per heavy atom. The Hall–Kier alpha value is -2.12. The molecule has 28 heavy (non-hydrogen) atoms. The monoisotopic (exact) mass is 384 g/mol. The number of aliphatic hydroxyl groups excluding tert-OH is 1. The summed E-state index contributed by atoms with van der Waals surface area (Å²) in [7, 11) is 0. The second-order valence-electron chi connectivity index (χ2n) is 7.42. The van der Waals surface area contributed by atoms with Crippen LogP contribution in [0.15, 0.2) is 48.5 Å². The first-order chi connectivity index (χ1) is 13.8. The van der Waals surface area contributed by atoms with E-state index in [4.69, 9.17) is 14.2 Å². The Balaban J connectivity index is 1.13. The van der Waals surface area contributed by atoms with Crippen molar-refractivity contribution in [2.75, 3.05) is 46.1 Å². The first kappa shape index (κ1) is 19.2. The summed E-state index contributed by atoms with van der Waals surface area (Å²) in [5, 5.41) is 10.3. The first-order valence-corrected chi connectivity index (χ1v) is 9.89. The van der Waals surface area contributed by atoms with E-state index in [0.717, 1.165) is 49.8 Å². The summed E-state index contributed by atoms with van der Waals surface area (Å²) in [6.45, 7) is 6.72. The third kappa shape index (κ3) is 5.23. The molecule has 0 unspecified atom stereocenters. The van der Waals surface area contributed by atoms with Crippen LogP contribution in [0.2, 0.25) is 0 Å². The normalized spacial score (nSPS) is 18.3. The molecule has 150 valence electrons. The van der Waals surface area contributed by atoms with Crippen molar-refractivity contribution >= 4 is 0 Å². The van der Waals surface area contributed by atoms with Gasteiger partial charge in [-0.15, -0.1) is 0 Å². The lowest BCUT2D eigenvalue weighted by Gasteiger charge is -2.35. The average molecular weight is 384 g/mol. The molecule has 0 amide bonds. The Morgan fingerprint density at radius 3 is 2.46 bits per heavy atom. The predicted molar refractivity (Wildman–Crippen MR) is 106 cm³/mol. The van der Waals surface area contributed by atoms with E-state index in [-0.39, 0.29) is 6.79 Å². The van der Waals surface area contributed by atoms with E-state index in [0.29, 0.717) is 19.8 Å². The zero-order chi connectivity index (χ0) is 19.2. The molecule has 6 nitrogen and oxygen atoms in total. The highest BCUT2D eigenvalue weighted by Crippen LogP contribution is 2.32. The average Bonchev–Trinajstić information content (AvgIpc) is 3.18. The zero-order valence-electron chi connectivity index (χ0n) is 16.1. The van der Waals surface area contributed by atoms with Gasteiger partial charge in [0.2, 0.25) is 6.79 Å². The van der Waals surface area contributed by atoms with Gasteiger partial charge in [-0.2, -0.15) is 0 Å². The van der Waals surface area contributed by atoms with Crippen molar-refractivity contribution in [3.8, 4) is 11.5 Å². The predicted octanol–water partition coefficient (Wildman–Crippen LogP) is 2.11. The fourth-order valence-corrected chi connectivity index (χ4v) is 3.67. The number of nitrogens with zero attached hydrogens (tertiary/aromatic N) is 2. The van der Waals surface area contributed by atoms with E-state index < -0.39 is 6.10 Å². The van der Waals surface area contributed by atoms with E-state index in [2.05, 4.69) is 40.1 Å². The quantitative estimate of drug-likeness (QED) is 0.752. The van der Waals surface area contributed by atoms with E-state index in [1.165, 1.54) is 5.56 Å². The minimum atomic E-state index is -0.477. The topological polar surface area (TPSA) is 54.4 Å². The van der Waals surface area contributed by atoms with Crippen molar-refractivity contribution < 1.29 is 19.3 Å². The highest BCUT2D eigenvalue weighted by molar-refractivity contribution is 5.44. The number of ether oxygens (including phenoxy) is 3. The van der Waals surface area contributed by atoms with E-state index >= 15 is 0 Å². The summed E-state index contributed by atoms with van der Waals surface area (Å²) in [4.78, 5) is 4.78. The molecule has 2 aromatic carbocycles. The number of rotatable bonds is 8. The maximum atomic E-state index is 10.3. The Kier molecular flexibility index (Phi) is 6.44. The third-order valence-corrected chi connectivity index (χ3v) is 5.20. The van der Waals surface area contributed by atoms with Gasteiger partial charge in [-0.25, -0.2) is 0 Å². The molecule has 0 aromatic heterocycles. The van der Waals surface area contributed by atoms with Gasteiger partial charge in [0.1, 0.15) is 0 Å². The Labute approximate surface area is 166 Å². The van der Waals surface area contributed by atoms with Gasteiger partial charge in [-0.1, -0.05) is 36.4 Å². The molecular formula is C22H28N2O4. The second-order valence-corrected chi connectivity index (χ2v) is 7.42. The van der Waals surface area contributed by atoms with Gasteiger partial charge >= 0.3 is 0 Å². The largest absolute Gasteiger partial charge is 0.454 e. The molecule has 1 atom stereocenters. The molecule has 0 aliphatic carbocycles. The van der Waals surface area contributed by atoms with Crippen LogP contribution in [0.3, 0.4) is 0 Å². The van der Waals surface area contributed by atoms with Crippen LogP contribution in [0.25, 0.3) is 0 Å². The second kappa shape index (κ2) is 9.39. The number of β-amino-alcohol motifs (C(OH)–C–C–N with tert-alkyl or cyclic N) is 1. The SMILES string of the molecule is O[C@H](COCc1ccc2c(c1)OCO2)CN1CCN(Cc2ccccc2)CC1. The maximum Gasteiger partial charge on any atom is 0.231 e. The van der Waals surface area contributed by atoms with Crippen LogP contribution in [0, 0.1) is 0 Å². The summed E-state index contributed by atoms with van der Waals surface area (Å²) >= 11 is 0. The fraction of sp³-hybridized carbons (Fsp3) is 0.455. The molecule has 0 radical (unpaired) electrons. The number of benzene rings is 2. The lowest BCUT2D eigenvalue weighted by atomic mass is 10.2. The molecule has 0 spiro atoms. The van der Waals surface area contributed by atoms with Crippen molar-refractivity contribution in [3.63, 3.8) is 0 Å². The van der Waals surface area contributed by atoms with Crippen molar-refractivity contribution in [3.05, 3.63) is 59.7 Å². The molecule has 6 heteroatoms. The van der Waals surface area contributed by atoms with Crippen LogP contribution in [0.5, 0.6) is 11.5 Å². The molecule has 2 aromatic rings. The number of hydrogen-bond donors (Lipinski definition) is 1. The Morgan fingerprint density at radius 2 is 1.64 bits per heavy atom. The van der Waals surface area contributed by atoms with Crippen molar-refractivity contribution in [1.82, 2.24) is 9.80 Å². The van der Waals surface area contributed by atoms with Crippen LogP contribution in [-0.2, 0) is 17.9 Å². The van der Waals surface area contributed by atoms with Crippen LogP contribution in [0.1, 0.15) is 11.1 Å². The van der Waals surface area contributed by atoms with Crippen LogP contribution < -0.4 is 9.47 Å². The smallest absolute Gasteiger partial charge is 0.231 e. The minimum Gasteiger partial charge on any atom is -0.454 e. The van der Waals surface area contributed by atoms with Crippen molar-refractivity contribution in [1.29, 1.82) is 0 Å². The molecule has 2 aliphatic rings. The van der Waals surface area contributed by atoms with Crippen LogP contribution >= 0.6 is 0 Å². The summed E-state index contributed by atoms with van der Waals surface area (Å²) in [5.74, 6) is 1.53. The van der Waals surface area contributed by atoms with Gasteiger partial charge in [0.25, 0.3) is 0 Å². The molecule has 2 heterocycles.